The smallest absolute Gasteiger partial charge is 0.290 e. The van der Waals surface area contributed by atoms with Crippen LogP contribution in [0.1, 0.15) is 29.8 Å². The van der Waals surface area contributed by atoms with E-state index < -0.39 is 0 Å². The molecule has 11 heteroatoms. The molecule has 11 nitrogen and oxygen atoms in total. The van der Waals surface area contributed by atoms with Crippen LogP contribution in [0.2, 0.25) is 0 Å². The van der Waals surface area contributed by atoms with E-state index in [1.807, 2.05) is 74.0 Å². The first-order chi connectivity index (χ1) is 18.9. The van der Waals surface area contributed by atoms with E-state index in [1.165, 1.54) is 0 Å². The van der Waals surface area contributed by atoms with E-state index in [4.69, 9.17) is 25.1 Å². The number of imidazole rings is 1. The van der Waals surface area contributed by atoms with Gasteiger partial charge in [-0.2, -0.15) is 0 Å². The minimum atomic E-state index is -0.250. The van der Waals surface area contributed by atoms with Crippen LogP contribution in [-0.4, -0.2) is 64.3 Å². The quantitative estimate of drug-likeness (QED) is 0.167. The number of rotatable bonds is 11. The molecule has 0 saturated heterocycles. The summed E-state index contributed by atoms with van der Waals surface area (Å²) in [6.45, 7) is 7.47. The molecule has 0 saturated carbocycles. The third kappa shape index (κ3) is 8.00. The number of benzene rings is 2. The Morgan fingerprint density at radius 2 is 1.90 bits per heavy atom. The first-order valence-corrected chi connectivity index (χ1v) is 12.5. The molecular formula is C28H34N6O5. The summed E-state index contributed by atoms with van der Waals surface area (Å²) in [4.78, 5) is 30.0. The molecule has 2 aromatic heterocycles. The van der Waals surface area contributed by atoms with Crippen molar-refractivity contribution in [1.82, 2.24) is 19.7 Å². The van der Waals surface area contributed by atoms with Crippen LogP contribution in [0.25, 0.3) is 16.9 Å². The van der Waals surface area contributed by atoms with E-state index in [0.29, 0.717) is 43.3 Å². The number of hydrogen-bond acceptors (Lipinski definition) is 8. The molecule has 2 heterocycles. The van der Waals surface area contributed by atoms with Gasteiger partial charge in [0.2, 0.25) is 0 Å². The Labute approximate surface area is 227 Å². The lowest BCUT2D eigenvalue weighted by atomic mass is 10.1. The Morgan fingerprint density at radius 3 is 2.56 bits per heavy atom. The molecule has 0 bridgehead atoms. The van der Waals surface area contributed by atoms with E-state index in [9.17, 15) is 4.79 Å². The fraction of sp³-hybridized carbons (Fsp3) is 0.286. The Morgan fingerprint density at radius 1 is 1.15 bits per heavy atom. The third-order valence-corrected chi connectivity index (χ3v) is 5.48. The Hall–Kier alpha value is -4.48. The van der Waals surface area contributed by atoms with Gasteiger partial charge < -0.3 is 30.9 Å². The molecule has 0 aliphatic carbocycles. The first kappa shape index (κ1) is 29.1. The standard InChI is InChI=1S/C27H32N6O3.CH2O2/c1-18(2)36-22-7-4-20(5-8-22)24-17-31-26-25(29-11-13-33(24)26)32-21-6-9-23(19(3)16-21)27(34)30-12-15-35-14-10-28;2-1-3/h4-9,11,13,16-18H,10,12,14-15,28H2,1-3H3,(H,29,32)(H,30,34);1H,(H,2,3). The lowest BCUT2D eigenvalue weighted by Crippen LogP contribution is -2.28. The van der Waals surface area contributed by atoms with Gasteiger partial charge in [-0.15, -0.1) is 0 Å². The molecule has 4 aromatic rings. The molecule has 206 valence electrons. The molecule has 4 rings (SSSR count). The van der Waals surface area contributed by atoms with Gasteiger partial charge in [0.15, 0.2) is 11.5 Å². The molecule has 0 unspecified atom stereocenters. The maximum atomic E-state index is 12.5. The van der Waals surface area contributed by atoms with Crippen molar-refractivity contribution in [3.63, 3.8) is 0 Å². The van der Waals surface area contributed by atoms with Gasteiger partial charge in [0, 0.05) is 42.3 Å². The van der Waals surface area contributed by atoms with Crippen molar-refractivity contribution in [2.24, 2.45) is 5.73 Å². The first-order valence-electron chi connectivity index (χ1n) is 12.5. The highest BCUT2D eigenvalue weighted by Gasteiger charge is 2.13. The lowest BCUT2D eigenvalue weighted by Gasteiger charge is -2.12. The summed E-state index contributed by atoms with van der Waals surface area (Å²) >= 11 is 0. The molecule has 5 N–H and O–H groups in total. The van der Waals surface area contributed by atoms with Crippen molar-refractivity contribution in [1.29, 1.82) is 0 Å². The molecule has 0 aliphatic heterocycles. The minimum Gasteiger partial charge on any atom is -0.491 e. The summed E-state index contributed by atoms with van der Waals surface area (Å²) in [7, 11) is 0. The van der Waals surface area contributed by atoms with Gasteiger partial charge in [-0.05, 0) is 68.8 Å². The van der Waals surface area contributed by atoms with Crippen LogP contribution < -0.4 is 21.1 Å². The predicted octanol–water partition coefficient (Wildman–Crippen LogP) is 3.64. The van der Waals surface area contributed by atoms with Crippen LogP contribution in [0.15, 0.2) is 61.1 Å². The van der Waals surface area contributed by atoms with Crippen LogP contribution in [0, 0.1) is 6.92 Å². The second-order valence-corrected chi connectivity index (χ2v) is 8.72. The average Bonchev–Trinajstić information content (AvgIpc) is 3.34. The minimum absolute atomic E-state index is 0.125. The summed E-state index contributed by atoms with van der Waals surface area (Å²) in [6.07, 6.45) is 5.57. The zero-order chi connectivity index (χ0) is 28.2. The Bertz CT molecular complexity index is 1370. The van der Waals surface area contributed by atoms with E-state index in [-0.39, 0.29) is 18.5 Å². The van der Waals surface area contributed by atoms with Gasteiger partial charge in [0.1, 0.15) is 5.75 Å². The Kier molecular flexibility index (Phi) is 10.8. The summed E-state index contributed by atoms with van der Waals surface area (Å²) in [5.74, 6) is 1.31. The summed E-state index contributed by atoms with van der Waals surface area (Å²) in [5, 5.41) is 13.1. The number of hydrogen-bond donors (Lipinski definition) is 4. The number of carbonyl (C=O) groups is 2. The van der Waals surface area contributed by atoms with Gasteiger partial charge >= 0.3 is 0 Å². The normalized spacial score (nSPS) is 10.6. The molecule has 0 atom stereocenters. The zero-order valence-corrected chi connectivity index (χ0v) is 22.3. The number of fused-ring (bicyclic) bond motifs is 1. The number of nitrogens with zero attached hydrogens (tertiary/aromatic N) is 3. The van der Waals surface area contributed by atoms with Crippen molar-refractivity contribution in [2.45, 2.75) is 26.9 Å². The summed E-state index contributed by atoms with van der Waals surface area (Å²) < 4.78 is 13.0. The van der Waals surface area contributed by atoms with Crippen molar-refractivity contribution in [3.05, 3.63) is 72.2 Å². The number of aryl methyl sites for hydroxylation is 1. The highest BCUT2D eigenvalue weighted by atomic mass is 16.5. The predicted molar refractivity (Wildman–Crippen MR) is 150 cm³/mol. The van der Waals surface area contributed by atoms with Crippen LogP contribution in [0.5, 0.6) is 5.75 Å². The molecular weight excluding hydrogens is 500 g/mol. The van der Waals surface area contributed by atoms with Gasteiger partial charge in [-0.25, -0.2) is 9.97 Å². The van der Waals surface area contributed by atoms with E-state index in [2.05, 4.69) is 20.6 Å². The van der Waals surface area contributed by atoms with Crippen LogP contribution in [0.3, 0.4) is 0 Å². The van der Waals surface area contributed by atoms with Crippen molar-refractivity contribution in [3.8, 4) is 17.0 Å². The number of ether oxygens (including phenoxy) is 2. The Balaban J connectivity index is 0.00000134. The fourth-order valence-corrected chi connectivity index (χ4v) is 3.85. The molecule has 2 aromatic carbocycles. The zero-order valence-electron chi connectivity index (χ0n) is 22.3. The highest BCUT2D eigenvalue weighted by Crippen LogP contribution is 2.27. The number of nitrogens with one attached hydrogen (secondary N) is 2. The van der Waals surface area contributed by atoms with Gasteiger partial charge in [0.05, 0.1) is 31.2 Å². The number of aromatic nitrogens is 3. The van der Waals surface area contributed by atoms with Crippen LogP contribution >= 0.6 is 0 Å². The van der Waals surface area contributed by atoms with E-state index >= 15 is 0 Å². The number of nitrogens with two attached hydrogens (primary N) is 1. The maximum Gasteiger partial charge on any atom is 0.290 e. The average molecular weight is 535 g/mol. The van der Waals surface area contributed by atoms with Gasteiger partial charge in [-0.3, -0.25) is 14.0 Å². The van der Waals surface area contributed by atoms with Crippen LogP contribution in [-0.2, 0) is 9.53 Å². The number of carboxylic acid groups (broad SMARTS) is 1. The fourth-order valence-electron chi connectivity index (χ4n) is 3.85. The number of amides is 1. The van der Waals surface area contributed by atoms with Crippen molar-refractivity contribution in [2.75, 3.05) is 31.6 Å². The molecule has 0 spiro atoms. The van der Waals surface area contributed by atoms with E-state index in [0.717, 1.165) is 28.3 Å². The van der Waals surface area contributed by atoms with Gasteiger partial charge in [0.25, 0.3) is 12.4 Å². The number of anilines is 2. The monoisotopic (exact) mass is 534 g/mol. The second-order valence-electron chi connectivity index (χ2n) is 8.72. The molecule has 0 aliphatic rings. The lowest BCUT2D eigenvalue weighted by molar-refractivity contribution is -0.122. The molecule has 1 amide bonds. The summed E-state index contributed by atoms with van der Waals surface area (Å²) in [6, 6.07) is 13.5. The highest BCUT2D eigenvalue weighted by molar-refractivity contribution is 5.96. The summed E-state index contributed by atoms with van der Waals surface area (Å²) in [5.41, 5.74) is 10.3. The molecule has 0 radical (unpaired) electrons. The maximum absolute atomic E-state index is 12.5. The SMILES string of the molecule is Cc1cc(Nc2nccn3c(-c4ccc(OC(C)C)cc4)cnc23)ccc1C(=O)NCCOCCN.O=CO. The van der Waals surface area contributed by atoms with Gasteiger partial charge in [-0.1, -0.05) is 0 Å². The molecule has 39 heavy (non-hydrogen) atoms. The number of carbonyl (C=O) groups excluding carboxylic acids is 1. The van der Waals surface area contributed by atoms with Crippen molar-refractivity contribution >= 4 is 29.5 Å². The topological polar surface area (TPSA) is 153 Å². The van der Waals surface area contributed by atoms with E-state index in [1.54, 1.807) is 12.3 Å². The van der Waals surface area contributed by atoms with Crippen LogP contribution in [0.4, 0.5) is 11.5 Å². The third-order valence-electron chi connectivity index (χ3n) is 5.48. The van der Waals surface area contributed by atoms with Crippen molar-refractivity contribution < 1.29 is 24.2 Å². The largest absolute Gasteiger partial charge is 0.491 e. The molecule has 0 fully saturated rings. The second kappa shape index (κ2) is 14.5.